The minimum Gasteiger partial charge on any atom is -0.497 e. The lowest BCUT2D eigenvalue weighted by molar-refractivity contribution is 0.241. The van der Waals surface area contributed by atoms with Crippen LogP contribution in [0.2, 0.25) is 0 Å². The molecular formula is C15H20N2O2. The zero-order valence-corrected chi connectivity index (χ0v) is 11.2. The summed E-state index contributed by atoms with van der Waals surface area (Å²) in [6.07, 6.45) is 3.89. The number of nitrogens with one attached hydrogen (secondary N) is 2. The van der Waals surface area contributed by atoms with Gasteiger partial charge in [0.25, 0.3) is 0 Å². The molecule has 1 fully saturated rings. The van der Waals surface area contributed by atoms with Crippen molar-refractivity contribution >= 4 is 6.03 Å². The molecule has 0 radical (unpaired) electrons. The highest BCUT2D eigenvalue weighted by atomic mass is 16.5. The summed E-state index contributed by atoms with van der Waals surface area (Å²) in [6, 6.07) is 7.95. The molecule has 0 atom stereocenters. The first-order chi connectivity index (χ1) is 9.20. The Morgan fingerprint density at radius 3 is 2.58 bits per heavy atom. The Bertz CT molecular complexity index is 450. The first kappa shape index (κ1) is 13.5. The lowest BCUT2D eigenvalue weighted by Gasteiger charge is -2.17. The van der Waals surface area contributed by atoms with Crippen LogP contribution < -0.4 is 15.4 Å². The molecule has 2 rings (SSSR count). The van der Waals surface area contributed by atoms with Gasteiger partial charge in [0.2, 0.25) is 0 Å². The van der Waals surface area contributed by atoms with Crippen LogP contribution in [0.3, 0.4) is 0 Å². The van der Waals surface area contributed by atoms with E-state index in [1.54, 1.807) is 13.2 Å². The molecule has 0 aromatic heterocycles. The van der Waals surface area contributed by atoms with E-state index in [9.17, 15) is 4.79 Å². The van der Waals surface area contributed by atoms with Crippen LogP contribution in [0.25, 0.3) is 0 Å². The predicted octanol–water partition coefficient (Wildman–Crippen LogP) is 2.21. The molecule has 1 aromatic carbocycles. The third-order valence-electron chi connectivity index (χ3n) is 3.55. The van der Waals surface area contributed by atoms with Crippen LogP contribution in [-0.4, -0.2) is 26.2 Å². The molecule has 102 valence electrons. The summed E-state index contributed by atoms with van der Waals surface area (Å²) >= 11 is 0. The molecule has 19 heavy (non-hydrogen) atoms. The number of ether oxygens (including phenoxy) is 1. The normalized spacial score (nSPS) is 15.4. The number of benzene rings is 1. The maximum Gasteiger partial charge on any atom is 0.315 e. The van der Waals surface area contributed by atoms with Crippen LogP contribution in [0, 0.1) is 0 Å². The fraction of sp³-hybridized carbons (Fsp3) is 0.400. The SMILES string of the molecule is C=CCNC(=O)NCC1(c2ccc(OC)cc2)CC1. The lowest BCUT2D eigenvalue weighted by Crippen LogP contribution is -2.39. The number of amides is 2. The van der Waals surface area contributed by atoms with Crippen molar-refractivity contribution in [2.24, 2.45) is 0 Å². The minimum absolute atomic E-state index is 0.109. The quantitative estimate of drug-likeness (QED) is 0.770. The minimum atomic E-state index is -0.139. The average Bonchev–Trinajstić information content (AvgIpc) is 3.24. The van der Waals surface area contributed by atoms with Gasteiger partial charge in [-0.3, -0.25) is 0 Å². The molecule has 1 aliphatic rings. The fourth-order valence-corrected chi connectivity index (χ4v) is 2.14. The molecule has 4 nitrogen and oxygen atoms in total. The Morgan fingerprint density at radius 1 is 1.37 bits per heavy atom. The summed E-state index contributed by atoms with van der Waals surface area (Å²) in [7, 11) is 1.66. The second kappa shape index (κ2) is 5.78. The molecule has 2 N–H and O–H groups in total. The van der Waals surface area contributed by atoms with E-state index >= 15 is 0 Å². The first-order valence-corrected chi connectivity index (χ1v) is 6.47. The van der Waals surface area contributed by atoms with E-state index in [0.717, 1.165) is 18.6 Å². The van der Waals surface area contributed by atoms with Gasteiger partial charge in [0.15, 0.2) is 0 Å². The maximum atomic E-state index is 11.5. The molecule has 0 heterocycles. The number of carbonyl (C=O) groups is 1. The molecule has 2 amide bonds. The second-order valence-corrected chi connectivity index (χ2v) is 4.86. The summed E-state index contributed by atoms with van der Waals surface area (Å²) in [5.41, 5.74) is 1.37. The van der Waals surface area contributed by atoms with Gasteiger partial charge >= 0.3 is 6.03 Å². The largest absolute Gasteiger partial charge is 0.497 e. The highest BCUT2D eigenvalue weighted by Crippen LogP contribution is 2.47. The smallest absolute Gasteiger partial charge is 0.315 e. The van der Waals surface area contributed by atoms with Gasteiger partial charge in [0.05, 0.1) is 7.11 Å². The Labute approximate surface area is 113 Å². The molecule has 4 heteroatoms. The van der Waals surface area contributed by atoms with Crippen molar-refractivity contribution in [3.05, 3.63) is 42.5 Å². The van der Waals surface area contributed by atoms with Crippen molar-refractivity contribution < 1.29 is 9.53 Å². The summed E-state index contributed by atoms with van der Waals surface area (Å²) in [6.45, 7) is 4.72. The molecule has 0 bridgehead atoms. The lowest BCUT2D eigenvalue weighted by atomic mass is 9.96. The van der Waals surface area contributed by atoms with Crippen molar-refractivity contribution in [3.63, 3.8) is 0 Å². The zero-order chi connectivity index (χ0) is 13.7. The third kappa shape index (κ3) is 3.28. The first-order valence-electron chi connectivity index (χ1n) is 6.47. The van der Waals surface area contributed by atoms with Crippen molar-refractivity contribution in [1.29, 1.82) is 0 Å². The van der Waals surface area contributed by atoms with Crippen LogP contribution in [0.5, 0.6) is 5.75 Å². The van der Waals surface area contributed by atoms with Gasteiger partial charge in [-0.15, -0.1) is 6.58 Å². The monoisotopic (exact) mass is 260 g/mol. The molecule has 1 aromatic rings. The Kier molecular flexibility index (Phi) is 4.10. The molecule has 0 unspecified atom stereocenters. The summed E-state index contributed by atoms with van der Waals surface area (Å²) in [5.74, 6) is 0.858. The molecule has 0 spiro atoms. The highest BCUT2D eigenvalue weighted by molar-refractivity contribution is 5.74. The number of urea groups is 1. The van der Waals surface area contributed by atoms with Crippen LogP contribution in [0.15, 0.2) is 36.9 Å². The number of methoxy groups -OCH3 is 1. The van der Waals surface area contributed by atoms with Crippen molar-refractivity contribution in [1.82, 2.24) is 10.6 Å². The van der Waals surface area contributed by atoms with Crippen LogP contribution in [0.4, 0.5) is 4.79 Å². The van der Waals surface area contributed by atoms with Gasteiger partial charge in [-0.2, -0.15) is 0 Å². The molecule has 0 saturated heterocycles. The predicted molar refractivity (Wildman–Crippen MR) is 75.5 cm³/mol. The summed E-state index contributed by atoms with van der Waals surface area (Å²) < 4.78 is 5.16. The third-order valence-corrected chi connectivity index (χ3v) is 3.55. The van der Waals surface area contributed by atoms with E-state index < -0.39 is 0 Å². The van der Waals surface area contributed by atoms with Crippen molar-refractivity contribution in [2.45, 2.75) is 18.3 Å². The number of hydrogen-bond acceptors (Lipinski definition) is 2. The number of rotatable bonds is 6. The van der Waals surface area contributed by atoms with Crippen molar-refractivity contribution in [3.8, 4) is 5.75 Å². The van der Waals surface area contributed by atoms with E-state index in [2.05, 4.69) is 29.3 Å². The van der Waals surface area contributed by atoms with Crippen LogP contribution in [-0.2, 0) is 5.41 Å². The number of carbonyl (C=O) groups excluding carboxylic acids is 1. The van der Waals surface area contributed by atoms with Gasteiger partial charge in [0, 0.05) is 18.5 Å². The van der Waals surface area contributed by atoms with Crippen molar-refractivity contribution in [2.75, 3.05) is 20.2 Å². The van der Waals surface area contributed by atoms with Gasteiger partial charge < -0.3 is 15.4 Å². The van der Waals surface area contributed by atoms with Gasteiger partial charge in [-0.1, -0.05) is 18.2 Å². The van der Waals surface area contributed by atoms with Gasteiger partial charge in [-0.25, -0.2) is 4.79 Å². The van der Waals surface area contributed by atoms with E-state index in [4.69, 9.17) is 4.74 Å². The van der Waals surface area contributed by atoms with E-state index in [-0.39, 0.29) is 11.4 Å². The molecule has 1 saturated carbocycles. The molecule has 1 aliphatic carbocycles. The second-order valence-electron chi connectivity index (χ2n) is 4.86. The topological polar surface area (TPSA) is 50.4 Å². The van der Waals surface area contributed by atoms with Gasteiger partial charge in [-0.05, 0) is 30.5 Å². The standard InChI is InChI=1S/C15H20N2O2/c1-3-10-16-14(18)17-11-15(8-9-15)12-4-6-13(19-2)7-5-12/h3-7H,1,8-11H2,2H3,(H2,16,17,18). The Balaban J connectivity index is 1.91. The Morgan fingerprint density at radius 2 is 2.05 bits per heavy atom. The van der Waals surface area contributed by atoms with E-state index in [0.29, 0.717) is 13.1 Å². The van der Waals surface area contributed by atoms with Crippen LogP contribution >= 0.6 is 0 Å². The highest BCUT2D eigenvalue weighted by Gasteiger charge is 2.44. The fourth-order valence-electron chi connectivity index (χ4n) is 2.14. The summed E-state index contributed by atoms with van der Waals surface area (Å²) in [4.78, 5) is 11.5. The summed E-state index contributed by atoms with van der Waals surface area (Å²) in [5, 5.41) is 5.63. The van der Waals surface area contributed by atoms with Crippen LogP contribution in [0.1, 0.15) is 18.4 Å². The molecular weight excluding hydrogens is 240 g/mol. The maximum absolute atomic E-state index is 11.5. The van der Waals surface area contributed by atoms with E-state index in [1.807, 2.05) is 12.1 Å². The van der Waals surface area contributed by atoms with E-state index in [1.165, 1.54) is 5.56 Å². The molecule has 0 aliphatic heterocycles. The number of hydrogen-bond donors (Lipinski definition) is 2. The van der Waals surface area contributed by atoms with Gasteiger partial charge in [0.1, 0.15) is 5.75 Å². The Hall–Kier alpha value is -1.97. The average molecular weight is 260 g/mol. The zero-order valence-electron chi connectivity index (χ0n) is 11.2.